The maximum atomic E-state index is 13.3. The first kappa shape index (κ1) is 17.7. The van der Waals surface area contributed by atoms with Crippen LogP contribution < -0.4 is 14.4 Å². The summed E-state index contributed by atoms with van der Waals surface area (Å²) in [6.07, 6.45) is 1.14. The number of hydrogen-bond donors (Lipinski definition) is 0. The van der Waals surface area contributed by atoms with Crippen LogP contribution in [0.4, 0.5) is 5.69 Å². The summed E-state index contributed by atoms with van der Waals surface area (Å²) in [5.41, 5.74) is 1.94. The quantitative estimate of drug-likeness (QED) is 0.740. The summed E-state index contributed by atoms with van der Waals surface area (Å²) in [5, 5.41) is 0.305. The van der Waals surface area contributed by atoms with Crippen molar-refractivity contribution in [3.8, 4) is 11.5 Å². The largest absolute Gasteiger partial charge is 0.489 e. The number of carbonyl (C=O) groups excluding carboxylic acids is 2. The fourth-order valence-corrected chi connectivity index (χ4v) is 3.72. The maximum absolute atomic E-state index is 13.3. The van der Waals surface area contributed by atoms with Gasteiger partial charge in [0, 0.05) is 24.1 Å². The van der Waals surface area contributed by atoms with Crippen LogP contribution in [0.1, 0.15) is 22.3 Å². The van der Waals surface area contributed by atoms with E-state index >= 15 is 0 Å². The first-order valence-corrected chi connectivity index (χ1v) is 9.06. The number of benzene rings is 2. The molecule has 27 heavy (non-hydrogen) atoms. The smallest absolute Gasteiger partial charge is 0.329 e. The van der Waals surface area contributed by atoms with Gasteiger partial charge in [0.1, 0.15) is 6.04 Å². The van der Waals surface area contributed by atoms with E-state index in [1.165, 1.54) is 12.0 Å². The van der Waals surface area contributed by atoms with E-state index in [1.807, 2.05) is 24.3 Å². The molecule has 2 heterocycles. The lowest BCUT2D eigenvalue weighted by Crippen LogP contribution is -2.43. The number of nitrogens with zero attached hydrogens (tertiary/aromatic N) is 1. The number of rotatable bonds is 2. The molecule has 2 aromatic carbocycles. The molecule has 6 nitrogen and oxygen atoms in total. The van der Waals surface area contributed by atoms with Gasteiger partial charge in [0.05, 0.1) is 25.3 Å². The Bertz CT molecular complexity index is 913. The van der Waals surface area contributed by atoms with Crippen molar-refractivity contribution < 1.29 is 23.8 Å². The van der Waals surface area contributed by atoms with Crippen LogP contribution in [0.2, 0.25) is 5.02 Å². The monoisotopic (exact) mass is 387 g/mol. The zero-order valence-corrected chi connectivity index (χ0v) is 15.5. The molecule has 1 atom stereocenters. The molecule has 140 valence electrons. The van der Waals surface area contributed by atoms with E-state index in [1.54, 1.807) is 12.1 Å². The summed E-state index contributed by atoms with van der Waals surface area (Å²) in [6, 6.07) is 9.89. The number of esters is 1. The summed E-state index contributed by atoms with van der Waals surface area (Å²) < 4.78 is 16.2. The highest BCUT2D eigenvalue weighted by Crippen LogP contribution is 2.40. The normalized spacial score (nSPS) is 17.9. The SMILES string of the molecule is COC(=O)[C@@H]1Cc2ccccc2N1C(=O)c1cc(Cl)c2c(c1)OCCCO2. The van der Waals surface area contributed by atoms with Crippen LogP contribution in [-0.4, -0.2) is 38.2 Å². The van der Waals surface area contributed by atoms with Crippen LogP contribution >= 0.6 is 11.6 Å². The molecule has 0 saturated heterocycles. The third kappa shape index (κ3) is 3.10. The molecule has 0 unspecified atom stereocenters. The number of carbonyl (C=O) groups is 2. The predicted octanol–water partition coefficient (Wildman–Crippen LogP) is 3.25. The molecule has 0 saturated carbocycles. The van der Waals surface area contributed by atoms with Crippen molar-refractivity contribution in [1.29, 1.82) is 0 Å². The van der Waals surface area contributed by atoms with E-state index in [0.29, 0.717) is 47.4 Å². The summed E-state index contributed by atoms with van der Waals surface area (Å²) >= 11 is 6.33. The topological polar surface area (TPSA) is 65.1 Å². The van der Waals surface area contributed by atoms with Gasteiger partial charge in [0.2, 0.25) is 0 Å². The van der Waals surface area contributed by atoms with Crippen LogP contribution in [0.15, 0.2) is 36.4 Å². The van der Waals surface area contributed by atoms with Gasteiger partial charge >= 0.3 is 5.97 Å². The molecular formula is C20H18ClNO5. The minimum Gasteiger partial charge on any atom is -0.489 e. The number of anilines is 1. The van der Waals surface area contributed by atoms with E-state index in [9.17, 15) is 9.59 Å². The Morgan fingerprint density at radius 3 is 2.78 bits per heavy atom. The Hall–Kier alpha value is -2.73. The van der Waals surface area contributed by atoms with Gasteiger partial charge in [0.25, 0.3) is 5.91 Å². The van der Waals surface area contributed by atoms with E-state index in [4.69, 9.17) is 25.8 Å². The van der Waals surface area contributed by atoms with E-state index in [2.05, 4.69) is 0 Å². The minimum absolute atomic E-state index is 0.305. The van der Waals surface area contributed by atoms with Gasteiger partial charge in [-0.25, -0.2) is 4.79 Å². The van der Waals surface area contributed by atoms with Crippen LogP contribution in [0.25, 0.3) is 0 Å². The molecule has 0 aromatic heterocycles. The van der Waals surface area contributed by atoms with Crippen molar-refractivity contribution in [2.75, 3.05) is 25.2 Å². The fourth-order valence-electron chi connectivity index (χ4n) is 3.46. The highest BCUT2D eigenvalue weighted by atomic mass is 35.5. The van der Waals surface area contributed by atoms with Gasteiger partial charge in [0.15, 0.2) is 11.5 Å². The number of fused-ring (bicyclic) bond motifs is 2. The molecule has 0 aliphatic carbocycles. The van der Waals surface area contributed by atoms with Gasteiger partial charge in [-0.3, -0.25) is 9.69 Å². The number of hydrogen-bond acceptors (Lipinski definition) is 5. The number of methoxy groups -OCH3 is 1. The van der Waals surface area contributed by atoms with Crippen molar-refractivity contribution in [1.82, 2.24) is 0 Å². The van der Waals surface area contributed by atoms with E-state index < -0.39 is 12.0 Å². The number of halogens is 1. The number of para-hydroxylation sites is 1. The molecule has 0 bridgehead atoms. The second kappa shape index (κ2) is 7.12. The molecule has 2 aliphatic heterocycles. The summed E-state index contributed by atoms with van der Waals surface area (Å²) in [4.78, 5) is 27.1. The second-order valence-electron chi connectivity index (χ2n) is 6.38. The number of ether oxygens (including phenoxy) is 3. The van der Waals surface area contributed by atoms with Gasteiger partial charge in [-0.15, -0.1) is 0 Å². The first-order chi connectivity index (χ1) is 13.1. The molecule has 1 amide bonds. The molecule has 2 aromatic rings. The third-order valence-electron chi connectivity index (χ3n) is 4.72. The highest BCUT2D eigenvalue weighted by molar-refractivity contribution is 6.33. The number of amides is 1. The van der Waals surface area contributed by atoms with Crippen molar-refractivity contribution in [3.05, 3.63) is 52.5 Å². The minimum atomic E-state index is -0.713. The Labute approximate surface area is 161 Å². The lowest BCUT2D eigenvalue weighted by Gasteiger charge is -2.24. The van der Waals surface area contributed by atoms with Crippen molar-refractivity contribution in [3.63, 3.8) is 0 Å². The molecule has 0 N–H and O–H groups in total. The molecule has 7 heteroatoms. The van der Waals surface area contributed by atoms with Gasteiger partial charge in [-0.2, -0.15) is 0 Å². The van der Waals surface area contributed by atoms with Gasteiger partial charge in [-0.05, 0) is 23.8 Å². The molecular weight excluding hydrogens is 370 g/mol. The van der Waals surface area contributed by atoms with Crippen LogP contribution in [0.5, 0.6) is 11.5 Å². The van der Waals surface area contributed by atoms with Crippen LogP contribution in [0, 0.1) is 0 Å². The maximum Gasteiger partial charge on any atom is 0.329 e. The summed E-state index contributed by atoms with van der Waals surface area (Å²) in [5.74, 6) is 0.0791. The van der Waals surface area contributed by atoms with Crippen LogP contribution in [0.3, 0.4) is 0 Å². The molecule has 0 radical (unpaired) electrons. The Balaban J connectivity index is 1.75. The average molecular weight is 388 g/mol. The first-order valence-electron chi connectivity index (χ1n) is 8.68. The second-order valence-corrected chi connectivity index (χ2v) is 6.79. The predicted molar refractivity (Wildman–Crippen MR) is 99.8 cm³/mol. The molecule has 4 rings (SSSR count). The molecule has 2 aliphatic rings. The Morgan fingerprint density at radius 2 is 1.96 bits per heavy atom. The lowest BCUT2D eigenvalue weighted by atomic mass is 10.1. The molecule has 0 fully saturated rings. The standard InChI is InChI=1S/C20H18ClNO5/c1-25-20(24)16-10-12-5-2-3-6-15(12)22(16)19(23)13-9-14(21)18-17(11-13)26-7-4-8-27-18/h2-3,5-6,9,11,16H,4,7-8,10H2,1H3/t16-/m0/s1. The van der Waals surface area contributed by atoms with Gasteiger partial charge in [-0.1, -0.05) is 29.8 Å². The average Bonchev–Trinajstić information content (AvgIpc) is 2.90. The fraction of sp³-hybridized carbons (Fsp3) is 0.300. The van der Waals surface area contributed by atoms with Crippen molar-refractivity contribution in [2.45, 2.75) is 18.9 Å². The Kier molecular flexibility index (Phi) is 4.66. The third-order valence-corrected chi connectivity index (χ3v) is 5.00. The lowest BCUT2D eigenvalue weighted by molar-refractivity contribution is -0.141. The highest BCUT2D eigenvalue weighted by Gasteiger charge is 2.39. The zero-order valence-electron chi connectivity index (χ0n) is 14.7. The van der Waals surface area contributed by atoms with Gasteiger partial charge < -0.3 is 14.2 Å². The molecule has 0 spiro atoms. The van der Waals surface area contributed by atoms with E-state index in [-0.39, 0.29) is 5.91 Å². The van der Waals surface area contributed by atoms with E-state index in [0.717, 1.165) is 12.0 Å². The summed E-state index contributed by atoms with van der Waals surface area (Å²) in [6.45, 7) is 0.988. The van der Waals surface area contributed by atoms with Crippen molar-refractivity contribution >= 4 is 29.2 Å². The van der Waals surface area contributed by atoms with Crippen molar-refractivity contribution in [2.24, 2.45) is 0 Å². The zero-order chi connectivity index (χ0) is 19.0. The Morgan fingerprint density at radius 1 is 1.19 bits per heavy atom. The van der Waals surface area contributed by atoms with Crippen LogP contribution in [-0.2, 0) is 16.0 Å². The summed E-state index contributed by atoms with van der Waals surface area (Å²) in [7, 11) is 1.32.